The number of amides is 2. The molecule has 3 aromatic carbocycles. The zero-order chi connectivity index (χ0) is 24.5. The summed E-state index contributed by atoms with van der Waals surface area (Å²) in [5.74, 6) is 0.0226. The van der Waals surface area contributed by atoms with Gasteiger partial charge in [-0.2, -0.15) is 0 Å². The van der Waals surface area contributed by atoms with E-state index >= 15 is 0 Å². The van der Waals surface area contributed by atoms with Crippen LogP contribution in [0.4, 0.5) is 0 Å². The van der Waals surface area contributed by atoms with Gasteiger partial charge < -0.3 is 15.0 Å². The van der Waals surface area contributed by atoms with Crippen LogP contribution in [0.3, 0.4) is 0 Å². The maximum Gasteiger partial charge on any atom is 0.261 e. The fourth-order valence-corrected chi connectivity index (χ4v) is 4.16. The highest BCUT2D eigenvalue weighted by Gasteiger charge is 2.31. The number of carbonyl (C=O) groups excluding carboxylic acids is 2. The lowest BCUT2D eigenvalue weighted by Gasteiger charge is -2.32. The molecule has 0 fully saturated rings. The molecular weight excluding hydrogens is 471 g/mol. The number of hydrogen-bond donors (Lipinski definition) is 1. The molecule has 0 aliphatic heterocycles. The number of para-hydroxylation sites is 1. The normalized spacial score (nSPS) is 11.5. The van der Waals surface area contributed by atoms with Crippen molar-refractivity contribution in [3.8, 4) is 5.75 Å². The predicted octanol–water partition coefficient (Wildman–Crippen LogP) is 5.46. The maximum atomic E-state index is 13.5. The summed E-state index contributed by atoms with van der Waals surface area (Å²) >= 11 is 12.8. The molecule has 1 atom stereocenters. The number of nitrogens with zero attached hydrogens (tertiary/aromatic N) is 1. The molecule has 0 aliphatic rings. The van der Waals surface area contributed by atoms with Gasteiger partial charge in [0.05, 0.1) is 0 Å². The average molecular weight is 499 g/mol. The summed E-state index contributed by atoms with van der Waals surface area (Å²) in [6.07, 6.45) is 0.338. The summed E-state index contributed by atoms with van der Waals surface area (Å²) < 4.78 is 5.83. The lowest BCUT2D eigenvalue weighted by atomic mass is 10.0. The molecule has 2 amide bonds. The second kappa shape index (κ2) is 12.4. The van der Waals surface area contributed by atoms with Crippen molar-refractivity contribution in [2.24, 2.45) is 0 Å². The number of aryl methyl sites for hydroxylation is 1. The third-order valence-corrected chi connectivity index (χ3v) is 6.17. The predicted molar refractivity (Wildman–Crippen MR) is 136 cm³/mol. The first-order chi connectivity index (χ1) is 16.4. The monoisotopic (exact) mass is 498 g/mol. The highest BCUT2D eigenvalue weighted by molar-refractivity contribution is 6.36. The number of halogens is 2. The number of nitrogens with one attached hydrogen (secondary N) is 1. The van der Waals surface area contributed by atoms with Crippen molar-refractivity contribution >= 4 is 35.0 Å². The van der Waals surface area contributed by atoms with Gasteiger partial charge in [-0.1, -0.05) is 77.8 Å². The molecule has 0 spiro atoms. The fourth-order valence-electron chi connectivity index (χ4n) is 3.64. The van der Waals surface area contributed by atoms with Gasteiger partial charge in [-0.05, 0) is 43.2 Å². The van der Waals surface area contributed by atoms with E-state index in [1.807, 2.05) is 68.4 Å². The minimum absolute atomic E-state index is 0.0725. The van der Waals surface area contributed by atoms with Gasteiger partial charge in [0.1, 0.15) is 11.8 Å². The van der Waals surface area contributed by atoms with Crippen molar-refractivity contribution in [1.29, 1.82) is 0 Å². The molecule has 0 saturated heterocycles. The topological polar surface area (TPSA) is 58.6 Å². The van der Waals surface area contributed by atoms with E-state index < -0.39 is 6.04 Å². The van der Waals surface area contributed by atoms with Gasteiger partial charge in [-0.15, -0.1) is 0 Å². The zero-order valence-corrected chi connectivity index (χ0v) is 20.8. The Morgan fingerprint density at radius 2 is 1.59 bits per heavy atom. The van der Waals surface area contributed by atoms with E-state index in [9.17, 15) is 9.59 Å². The van der Waals surface area contributed by atoms with E-state index in [2.05, 4.69) is 5.32 Å². The molecule has 0 aromatic heterocycles. The molecule has 7 heteroatoms. The molecule has 0 aliphatic carbocycles. The number of hydrogen-bond acceptors (Lipinski definition) is 3. The van der Waals surface area contributed by atoms with Crippen LogP contribution in [0, 0.1) is 6.92 Å². The Morgan fingerprint density at radius 3 is 2.24 bits per heavy atom. The lowest BCUT2D eigenvalue weighted by molar-refractivity contribution is -0.142. The van der Waals surface area contributed by atoms with Gasteiger partial charge in [0.25, 0.3) is 5.91 Å². The highest BCUT2D eigenvalue weighted by atomic mass is 35.5. The van der Waals surface area contributed by atoms with Gasteiger partial charge in [0, 0.05) is 35.1 Å². The molecule has 0 heterocycles. The molecule has 178 valence electrons. The molecule has 34 heavy (non-hydrogen) atoms. The van der Waals surface area contributed by atoms with Crippen LogP contribution >= 0.6 is 23.2 Å². The number of benzene rings is 3. The molecule has 5 nitrogen and oxygen atoms in total. The molecule has 1 N–H and O–H groups in total. The van der Waals surface area contributed by atoms with E-state index in [1.165, 1.54) is 4.90 Å². The molecular formula is C27H28Cl2N2O3. The molecule has 0 bridgehead atoms. The van der Waals surface area contributed by atoms with Crippen LogP contribution in [0.15, 0.2) is 72.8 Å². The fraction of sp³-hybridized carbons (Fsp3) is 0.259. The third kappa shape index (κ3) is 6.75. The molecule has 3 aromatic rings. The van der Waals surface area contributed by atoms with E-state index in [-0.39, 0.29) is 25.0 Å². The maximum absolute atomic E-state index is 13.5. The van der Waals surface area contributed by atoms with Crippen molar-refractivity contribution in [2.45, 2.75) is 32.9 Å². The van der Waals surface area contributed by atoms with Gasteiger partial charge >= 0.3 is 0 Å². The van der Waals surface area contributed by atoms with Crippen molar-refractivity contribution in [3.63, 3.8) is 0 Å². The van der Waals surface area contributed by atoms with Crippen LogP contribution in [0.1, 0.15) is 23.6 Å². The minimum Gasteiger partial charge on any atom is -0.484 e. The first kappa shape index (κ1) is 25.6. The van der Waals surface area contributed by atoms with Crippen LogP contribution in [0.2, 0.25) is 10.0 Å². The van der Waals surface area contributed by atoms with E-state index in [4.69, 9.17) is 27.9 Å². The standard InChI is InChI=1S/C27H28Cl2N2O3/c1-3-30-27(33)24(16-20-11-5-4-6-12-20)31(17-21-22(28)13-9-14-23(21)29)26(32)18-34-25-15-8-7-10-19(25)2/h4-15,24H,3,16-18H2,1-2H3,(H,30,33)/t24-/m1/s1. The SMILES string of the molecule is CCNC(=O)[C@@H](Cc1ccccc1)N(Cc1c(Cl)cccc1Cl)C(=O)COc1ccccc1C. The zero-order valence-electron chi connectivity index (χ0n) is 19.3. The number of likely N-dealkylation sites (N-methyl/N-ethyl adjacent to an activating group) is 1. The van der Waals surface area contributed by atoms with E-state index in [0.717, 1.165) is 11.1 Å². The molecule has 0 saturated carbocycles. The van der Waals surface area contributed by atoms with Crippen LogP contribution in [-0.4, -0.2) is 35.9 Å². The largest absolute Gasteiger partial charge is 0.484 e. The van der Waals surface area contributed by atoms with E-state index in [0.29, 0.717) is 34.3 Å². The average Bonchev–Trinajstić information content (AvgIpc) is 2.83. The van der Waals surface area contributed by atoms with Gasteiger partial charge in [-0.3, -0.25) is 9.59 Å². The third-order valence-electron chi connectivity index (χ3n) is 5.46. The first-order valence-corrected chi connectivity index (χ1v) is 11.9. The Hall–Kier alpha value is -3.02. The summed E-state index contributed by atoms with van der Waals surface area (Å²) in [7, 11) is 0. The summed E-state index contributed by atoms with van der Waals surface area (Å²) in [5, 5.41) is 3.72. The van der Waals surface area contributed by atoms with Crippen molar-refractivity contribution < 1.29 is 14.3 Å². The molecule has 0 unspecified atom stereocenters. The smallest absolute Gasteiger partial charge is 0.261 e. The highest BCUT2D eigenvalue weighted by Crippen LogP contribution is 2.27. The van der Waals surface area contributed by atoms with Crippen molar-refractivity contribution in [2.75, 3.05) is 13.2 Å². The van der Waals surface area contributed by atoms with Crippen LogP contribution < -0.4 is 10.1 Å². The Kier molecular flexibility index (Phi) is 9.37. The summed E-state index contributed by atoms with van der Waals surface area (Å²) in [6, 6.07) is 21.5. The number of carbonyl (C=O) groups is 2. The second-order valence-corrected chi connectivity index (χ2v) is 8.69. The van der Waals surface area contributed by atoms with E-state index in [1.54, 1.807) is 18.2 Å². The second-order valence-electron chi connectivity index (χ2n) is 7.88. The summed E-state index contributed by atoms with van der Waals surface area (Å²) in [5.41, 5.74) is 2.43. The molecule has 0 radical (unpaired) electrons. The van der Waals surface area contributed by atoms with Crippen molar-refractivity contribution in [3.05, 3.63) is 99.5 Å². The number of ether oxygens (including phenoxy) is 1. The Bertz CT molecular complexity index is 1100. The Morgan fingerprint density at radius 1 is 0.941 bits per heavy atom. The Labute approximate surface area is 210 Å². The summed E-state index contributed by atoms with van der Waals surface area (Å²) in [6.45, 7) is 4.04. The molecule has 3 rings (SSSR count). The van der Waals surface area contributed by atoms with Gasteiger partial charge in [0.2, 0.25) is 5.91 Å². The van der Waals surface area contributed by atoms with Gasteiger partial charge in [0.15, 0.2) is 6.61 Å². The van der Waals surface area contributed by atoms with Crippen molar-refractivity contribution in [1.82, 2.24) is 10.2 Å². The first-order valence-electron chi connectivity index (χ1n) is 11.1. The quantitative estimate of drug-likeness (QED) is 0.403. The minimum atomic E-state index is -0.775. The lowest BCUT2D eigenvalue weighted by Crippen LogP contribution is -2.51. The van der Waals surface area contributed by atoms with Crippen LogP contribution in [0.25, 0.3) is 0 Å². The number of rotatable bonds is 10. The van der Waals surface area contributed by atoms with Crippen LogP contribution in [0.5, 0.6) is 5.75 Å². The summed E-state index contributed by atoms with van der Waals surface area (Å²) in [4.78, 5) is 28.2. The van der Waals surface area contributed by atoms with Gasteiger partial charge in [-0.25, -0.2) is 0 Å². The Balaban J connectivity index is 1.95. The van der Waals surface area contributed by atoms with Crippen LogP contribution in [-0.2, 0) is 22.6 Å².